The van der Waals surface area contributed by atoms with Crippen molar-refractivity contribution in [2.45, 2.75) is 25.4 Å². The summed E-state index contributed by atoms with van der Waals surface area (Å²) in [7, 11) is -3.56. The second-order valence-corrected chi connectivity index (χ2v) is 4.55. The predicted molar refractivity (Wildman–Crippen MR) is 45.7 cm³/mol. The molecule has 0 N–H and O–H groups in total. The fraction of sp³-hybridized carbons (Fsp3) is 0.857. The molecule has 0 saturated carbocycles. The third-order valence-corrected chi connectivity index (χ3v) is 2.01. The molecule has 0 fully saturated rings. The number of hydrogen-bond acceptors (Lipinski definition) is 4. The zero-order chi connectivity index (χ0) is 12.1. The van der Waals surface area contributed by atoms with E-state index in [1.165, 1.54) is 0 Å². The fourth-order valence-electron chi connectivity index (χ4n) is 0.740. The summed E-state index contributed by atoms with van der Waals surface area (Å²) >= 11 is 0. The Morgan fingerprint density at radius 3 is 2.20 bits per heavy atom. The lowest BCUT2D eigenvalue weighted by molar-refractivity contribution is -0.171. The summed E-state index contributed by atoms with van der Waals surface area (Å²) in [5.41, 5.74) is 0. The third kappa shape index (κ3) is 8.37. The van der Waals surface area contributed by atoms with Crippen LogP contribution in [0.3, 0.4) is 0 Å². The maximum absolute atomic E-state index is 11.7. The summed E-state index contributed by atoms with van der Waals surface area (Å²) in [6.45, 7) is -0.204. The van der Waals surface area contributed by atoms with Crippen LogP contribution in [-0.4, -0.2) is 33.2 Å². The van der Waals surface area contributed by atoms with Crippen LogP contribution in [-0.2, 0) is 19.1 Å². The van der Waals surface area contributed by atoms with Crippen molar-refractivity contribution in [1.82, 2.24) is 0 Å². The lowest BCUT2D eigenvalue weighted by Gasteiger charge is -2.04. The number of ketones is 1. The lowest BCUT2D eigenvalue weighted by atomic mass is 10.2. The molecule has 0 atom stereocenters. The van der Waals surface area contributed by atoms with Crippen LogP contribution in [0.2, 0.25) is 0 Å². The molecule has 0 aliphatic heterocycles. The van der Waals surface area contributed by atoms with Gasteiger partial charge in [-0.3, -0.25) is 8.98 Å². The molecule has 0 amide bonds. The van der Waals surface area contributed by atoms with Crippen LogP contribution in [0.1, 0.15) is 19.3 Å². The van der Waals surface area contributed by atoms with Gasteiger partial charge >= 0.3 is 6.18 Å². The minimum atomic E-state index is -4.81. The second kappa shape index (κ2) is 5.45. The average Bonchev–Trinajstić information content (AvgIpc) is 1.99. The number of Topliss-reactive ketones (excluding diaryl/α,β-unsaturated/α-hetero) is 1. The van der Waals surface area contributed by atoms with E-state index >= 15 is 0 Å². The Labute approximate surface area is 85.5 Å². The summed E-state index contributed by atoms with van der Waals surface area (Å²) in [6, 6.07) is 0. The van der Waals surface area contributed by atoms with Crippen molar-refractivity contribution >= 4 is 15.9 Å². The van der Waals surface area contributed by atoms with E-state index in [1.807, 2.05) is 0 Å². The highest BCUT2D eigenvalue weighted by atomic mass is 32.2. The smallest absolute Gasteiger partial charge is 0.290 e. The number of hydrogen-bond donors (Lipinski definition) is 0. The maximum Gasteiger partial charge on any atom is 0.449 e. The summed E-state index contributed by atoms with van der Waals surface area (Å²) in [5.74, 6) is -1.80. The molecule has 0 rings (SSSR count). The molecule has 0 heterocycles. The molecule has 15 heavy (non-hydrogen) atoms. The summed E-state index contributed by atoms with van der Waals surface area (Å²) in [4.78, 5) is 10.3. The molecule has 0 aromatic heterocycles. The van der Waals surface area contributed by atoms with Gasteiger partial charge < -0.3 is 0 Å². The van der Waals surface area contributed by atoms with E-state index in [9.17, 15) is 26.4 Å². The highest BCUT2D eigenvalue weighted by molar-refractivity contribution is 7.85. The van der Waals surface area contributed by atoms with Gasteiger partial charge in [0.25, 0.3) is 10.1 Å². The first-order chi connectivity index (χ1) is 6.63. The van der Waals surface area contributed by atoms with E-state index in [4.69, 9.17) is 0 Å². The molecule has 0 aliphatic carbocycles. The van der Waals surface area contributed by atoms with Gasteiger partial charge in [-0.05, 0) is 12.8 Å². The van der Waals surface area contributed by atoms with Crippen molar-refractivity contribution in [3.05, 3.63) is 0 Å². The predicted octanol–water partition coefficient (Wildman–Crippen LogP) is 1.26. The van der Waals surface area contributed by atoms with Crippen LogP contribution in [0.5, 0.6) is 0 Å². The molecule has 0 bridgehead atoms. The van der Waals surface area contributed by atoms with E-state index in [0.717, 1.165) is 6.26 Å². The molecule has 4 nitrogen and oxygen atoms in total. The van der Waals surface area contributed by atoms with Gasteiger partial charge in [0.05, 0.1) is 12.9 Å². The van der Waals surface area contributed by atoms with Gasteiger partial charge in [0.2, 0.25) is 5.78 Å². The summed E-state index contributed by atoms with van der Waals surface area (Å²) in [5, 5.41) is 0. The summed E-state index contributed by atoms with van der Waals surface area (Å²) in [6.07, 6.45) is -4.56. The van der Waals surface area contributed by atoms with Gasteiger partial charge in [0.15, 0.2) is 0 Å². The van der Waals surface area contributed by atoms with Gasteiger partial charge in [-0.15, -0.1) is 0 Å². The zero-order valence-corrected chi connectivity index (χ0v) is 8.82. The van der Waals surface area contributed by atoms with Crippen molar-refractivity contribution in [3.63, 3.8) is 0 Å². The maximum atomic E-state index is 11.7. The topological polar surface area (TPSA) is 60.4 Å². The van der Waals surface area contributed by atoms with Crippen LogP contribution >= 0.6 is 0 Å². The molecule has 0 unspecified atom stereocenters. The molecule has 8 heteroatoms. The number of unbranched alkanes of at least 4 members (excludes halogenated alkanes) is 1. The molecule has 0 spiro atoms. The minimum Gasteiger partial charge on any atom is -0.290 e. The first-order valence-corrected chi connectivity index (χ1v) is 5.89. The Bertz CT molecular complexity index is 307. The van der Waals surface area contributed by atoms with Crippen LogP contribution in [0.25, 0.3) is 0 Å². The van der Waals surface area contributed by atoms with Gasteiger partial charge in [-0.25, -0.2) is 0 Å². The van der Waals surface area contributed by atoms with Crippen molar-refractivity contribution in [2.75, 3.05) is 12.9 Å². The van der Waals surface area contributed by atoms with Crippen molar-refractivity contribution in [3.8, 4) is 0 Å². The van der Waals surface area contributed by atoms with Gasteiger partial charge in [0.1, 0.15) is 0 Å². The van der Waals surface area contributed by atoms with Crippen LogP contribution in [0.15, 0.2) is 0 Å². The molecule has 0 aromatic carbocycles. The van der Waals surface area contributed by atoms with Crippen molar-refractivity contribution in [2.24, 2.45) is 0 Å². The molecular formula is C7H11F3O4S. The van der Waals surface area contributed by atoms with E-state index in [0.29, 0.717) is 0 Å². The van der Waals surface area contributed by atoms with Crippen molar-refractivity contribution in [1.29, 1.82) is 0 Å². The first-order valence-electron chi connectivity index (χ1n) is 4.07. The van der Waals surface area contributed by atoms with Crippen LogP contribution in [0, 0.1) is 0 Å². The van der Waals surface area contributed by atoms with Gasteiger partial charge in [-0.2, -0.15) is 21.6 Å². The molecule has 0 radical (unpaired) electrons. The fourth-order valence-corrected chi connectivity index (χ4v) is 1.16. The summed E-state index contributed by atoms with van der Waals surface area (Å²) < 4.78 is 60.1. The quantitative estimate of drug-likeness (QED) is 0.524. The van der Waals surface area contributed by atoms with E-state index in [1.54, 1.807) is 0 Å². The largest absolute Gasteiger partial charge is 0.449 e. The number of carbonyl (C=O) groups is 1. The highest BCUT2D eigenvalue weighted by Gasteiger charge is 2.37. The Morgan fingerprint density at radius 2 is 1.80 bits per heavy atom. The van der Waals surface area contributed by atoms with Gasteiger partial charge in [-0.1, -0.05) is 0 Å². The first kappa shape index (κ1) is 14.4. The van der Waals surface area contributed by atoms with E-state index in [-0.39, 0.29) is 19.4 Å². The monoisotopic (exact) mass is 248 g/mol. The SMILES string of the molecule is CS(=O)(=O)OCCCCC(=O)C(F)(F)F. The number of halogens is 3. The molecule has 0 aliphatic rings. The second-order valence-electron chi connectivity index (χ2n) is 2.90. The lowest BCUT2D eigenvalue weighted by Crippen LogP contribution is -2.22. The minimum absolute atomic E-state index is 0.0478. The Hall–Kier alpha value is -0.630. The van der Waals surface area contributed by atoms with Crippen LogP contribution in [0.4, 0.5) is 13.2 Å². The Kier molecular flexibility index (Phi) is 5.22. The standard InChI is InChI=1S/C7H11F3O4S/c1-15(12,13)14-5-3-2-4-6(11)7(8,9)10/h2-5H2,1H3. The van der Waals surface area contributed by atoms with Crippen LogP contribution < -0.4 is 0 Å². The number of carbonyl (C=O) groups excluding carboxylic acids is 1. The van der Waals surface area contributed by atoms with Crippen molar-refractivity contribution < 1.29 is 30.6 Å². The van der Waals surface area contributed by atoms with E-state index < -0.39 is 28.5 Å². The average molecular weight is 248 g/mol. The van der Waals surface area contributed by atoms with Gasteiger partial charge in [0, 0.05) is 6.42 Å². The number of rotatable bonds is 6. The molecule has 0 saturated heterocycles. The highest BCUT2D eigenvalue weighted by Crippen LogP contribution is 2.19. The molecular weight excluding hydrogens is 237 g/mol. The van der Waals surface area contributed by atoms with E-state index in [2.05, 4.69) is 4.18 Å². The molecule has 0 aromatic rings. The molecule has 90 valence electrons. The number of alkyl halides is 3. The Balaban J connectivity index is 3.61. The zero-order valence-electron chi connectivity index (χ0n) is 8.00. The Morgan fingerprint density at radius 1 is 1.27 bits per heavy atom. The normalized spacial score (nSPS) is 12.8. The third-order valence-electron chi connectivity index (χ3n) is 1.41.